The Balaban J connectivity index is 2.73. The zero-order valence-corrected chi connectivity index (χ0v) is 13.3. The zero-order valence-electron chi connectivity index (χ0n) is 12.5. The zero-order chi connectivity index (χ0) is 15.3. The molecule has 0 aliphatic rings. The van der Waals surface area contributed by atoms with E-state index in [9.17, 15) is 9.00 Å². The van der Waals surface area contributed by atoms with Crippen molar-refractivity contribution < 1.29 is 9.00 Å². The van der Waals surface area contributed by atoms with Crippen molar-refractivity contribution in [3.63, 3.8) is 0 Å². The number of carbonyl (C=O) groups excluding carboxylic acids is 1. The first-order valence-corrected chi connectivity index (χ1v) is 8.29. The van der Waals surface area contributed by atoms with Crippen LogP contribution in [0.5, 0.6) is 0 Å². The summed E-state index contributed by atoms with van der Waals surface area (Å²) < 4.78 is 10.9. The molecule has 1 amide bonds. The first-order valence-electron chi connectivity index (χ1n) is 6.56. The van der Waals surface area contributed by atoms with Gasteiger partial charge in [-0.1, -0.05) is 20.8 Å². The molecule has 1 atom stereocenters. The van der Waals surface area contributed by atoms with Crippen LogP contribution < -0.4 is 11.1 Å². The van der Waals surface area contributed by atoms with Gasteiger partial charge in [0.15, 0.2) is 0 Å². The Morgan fingerprint density at radius 1 is 1.40 bits per heavy atom. The van der Waals surface area contributed by atoms with Crippen LogP contribution >= 0.6 is 0 Å². The van der Waals surface area contributed by atoms with Gasteiger partial charge in [0.1, 0.15) is 5.82 Å². The Kier molecular flexibility index (Phi) is 5.68. The third-order valence-electron chi connectivity index (χ3n) is 2.77. The molecular formula is C14H23N3O2S. The smallest absolute Gasteiger partial charge is 0.251 e. The van der Waals surface area contributed by atoms with Crippen LogP contribution in [0.15, 0.2) is 12.1 Å². The van der Waals surface area contributed by atoms with Crippen molar-refractivity contribution in [3.05, 3.63) is 23.4 Å². The van der Waals surface area contributed by atoms with E-state index in [2.05, 4.69) is 10.3 Å². The number of nitrogen functional groups attached to an aromatic ring is 1. The minimum absolute atomic E-state index is 0.163. The fourth-order valence-corrected chi connectivity index (χ4v) is 2.20. The summed E-state index contributed by atoms with van der Waals surface area (Å²) in [5.74, 6) is 0.759. The summed E-state index contributed by atoms with van der Waals surface area (Å²) in [6, 6.07) is 3.34. The normalized spacial score (nSPS) is 13.0. The molecule has 1 unspecified atom stereocenters. The van der Waals surface area contributed by atoms with Crippen LogP contribution in [0.4, 0.5) is 5.82 Å². The largest absolute Gasteiger partial charge is 0.384 e. The summed E-state index contributed by atoms with van der Waals surface area (Å²) in [7, 11) is -0.825. The molecular weight excluding hydrogens is 274 g/mol. The standard InChI is InChI=1S/C14H23N3O2S/c1-14(2,3)11-8-10(9-12(15)17-11)13(18)16-6-5-7-20(4)19/h8-9H,5-7H2,1-4H3,(H2,15,17)(H,16,18). The van der Waals surface area contributed by atoms with Gasteiger partial charge in [-0.25, -0.2) is 4.98 Å². The van der Waals surface area contributed by atoms with Crippen molar-refractivity contribution in [1.82, 2.24) is 10.3 Å². The summed E-state index contributed by atoms with van der Waals surface area (Å²) >= 11 is 0. The average Bonchev–Trinajstić information content (AvgIpc) is 2.32. The first-order chi connectivity index (χ1) is 9.20. The van der Waals surface area contributed by atoms with E-state index in [1.165, 1.54) is 0 Å². The Hall–Kier alpha value is -1.43. The molecule has 20 heavy (non-hydrogen) atoms. The predicted molar refractivity (Wildman–Crippen MR) is 83.2 cm³/mol. The highest BCUT2D eigenvalue weighted by molar-refractivity contribution is 7.84. The lowest BCUT2D eigenvalue weighted by molar-refractivity contribution is 0.0953. The second-order valence-electron chi connectivity index (χ2n) is 5.80. The fraction of sp³-hybridized carbons (Fsp3) is 0.571. The third kappa shape index (κ3) is 5.28. The van der Waals surface area contributed by atoms with E-state index >= 15 is 0 Å². The Morgan fingerprint density at radius 3 is 2.60 bits per heavy atom. The van der Waals surface area contributed by atoms with Crippen molar-refractivity contribution in [2.75, 3.05) is 24.3 Å². The van der Waals surface area contributed by atoms with Crippen molar-refractivity contribution >= 4 is 22.5 Å². The van der Waals surface area contributed by atoms with E-state index in [-0.39, 0.29) is 11.3 Å². The Morgan fingerprint density at radius 2 is 2.05 bits per heavy atom. The number of amides is 1. The number of nitrogens with one attached hydrogen (secondary N) is 1. The Labute approximate surface area is 122 Å². The topological polar surface area (TPSA) is 85.1 Å². The molecule has 0 saturated carbocycles. The summed E-state index contributed by atoms with van der Waals surface area (Å²) in [4.78, 5) is 16.3. The van der Waals surface area contributed by atoms with E-state index < -0.39 is 10.8 Å². The first kappa shape index (κ1) is 16.6. The quantitative estimate of drug-likeness (QED) is 0.806. The van der Waals surface area contributed by atoms with E-state index in [1.54, 1.807) is 18.4 Å². The molecule has 5 nitrogen and oxygen atoms in total. The van der Waals surface area contributed by atoms with E-state index in [4.69, 9.17) is 5.73 Å². The number of nitrogens with two attached hydrogens (primary N) is 1. The highest BCUT2D eigenvalue weighted by atomic mass is 32.2. The van der Waals surface area contributed by atoms with Gasteiger partial charge >= 0.3 is 0 Å². The molecule has 0 aromatic carbocycles. The molecule has 0 spiro atoms. The van der Waals surface area contributed by atoms with Crippen molar-refractivity contribution in [1.29, 1.82) is 0 Å². The Bertz CT molecular complexity index is 510. The molecule has 1 aromatic heterocycles. The maximum atomic E-state index is 12.1. The summed E-state index contributed by atoms with van der Waals surface area (Å²) in [5.41, 5.74) is 6.90. The molecule has 1 heterocycles. The number of hydrogen-bond acceptors (Lipinski definition) is 4. The molecule has 0 saturated heterocycles. The molecule has 0 aliphatic heterocycles. The predicted octanol–water partition coefficient (Wildman–Crippen LogP) is 1.46. The van der Waals surface area contributed by atoms with Crippen LogP contribution in [0.3, 0.4) is 0 Å². The molecule has 3 N–H and O–H groups in total. The molecule has 112 valence electrons. The maximum absolute atomic E-state index is 12.1. The lowest BCUT2D eigenvalue weighted by Gasteiger charge is -2.19. The van der Waals surface area contributed by atoms with Crippen LogP contribution in [-0.4, -0.2) is 33.7 Å². The minimum atomic E-state index is -0.825. The molecule has 1 aromatic rings. The number of anilines is 1. The molecule has 0 radical (unpaired) electrons. The molecule has 6 heteroatoms. The summed E-state index contributed by atoms with van der Waals surface area (Å²) in [5, 5.41) is 2.80. The minimum Gasteiger partial charge on any atom is -0.384 e. The van der Waals surface area contributed by atoms with Gasteiger partial charge in [0.25, 0.3) is 5.91 Å². The van der Waals surface area contributed by atoms with Gasteiger partial charge in [0, 0.05) is 46.0 Å². The summed E-state index contributed by atoms with van der Waals surface area (Å²) in [6.45, 7) is 6.57. The van der Waals surface area contributed by atoms with Crippen LogP contribution in [0.25, 0.3) is 0 Å². The maximum Gasteiger partial charge on any atom is 0.251 e. The molecule has 0 bridgehead atoms. The van der Waals surface area contributed by atoms with Crippen molar-refractivity contribution in [2.45, 2.75) is 32.6 Å². The average molecular weight is 297 g/mol. The van der Waals surface area contributed by atoms with Crippen LogP contribution in [0.1, 0.15) is 43.2 Å². The summed E-state index contributed by atoms with van der Waals surface area (Å²) in [6.07, 6.45) is 2.35. The number of rotatable bonds is 5. The van der Waals surface area contributed by atoms with Crippen LogP contribution in [0.2, 0.25) is 0 Å². The van der Waals surface area contributed by atoms with Gasteiger partial charge in [0.2, 0.25) is 0 Å². The molecule has 0 fully saturated rings. The van der Waals surface area contributed by atoms with E-state index in [0.29, 0.717) is 30.1 Å². The monoisotopic (exact) mass is 297 g/mol. The van der Waals surface area contributed by atoms with Gasteiger partial charge < -0.3 is 11.1 Å². The van der Waals surface area contributed by atoms with Gasteiger partial charge in [-0.05, 0) is 18.6 Å². The van der Waals surface area contributed by atoms with Crippen LogP contribution in [-0.2, 0) is 16.2 Å². The highest BCUT2D eigenvalue weighted by Crippen LogP contribution is 2.22. The van der Waals surface area contributed by atoms with Crippen LogP contribution in [0, 0.1) is 0 Å². The SMILES string of the molecule is CS(=O)CCCNC(=O)c1cc(N)nc(C(C)(C)C)c1. The molecule has 1 rings (SSSR count). The van der Waals surface area contributed by atoms with Gasteiger partial charge in [0.05, 0.1) is 0 Å². The second kappa shape index (κ2) is 6.83. The fourth-order valence-electron chi connectivity index (χ4n) is 1.65. The number of hydrogen-bond donors (Lipinski definition) is 2. The molecule has 0 aliphatic carbocycles. The van der Waals surface area contributed by atoms with Crippen molar-refractivity contribution in [2.24, 2.45) is 0 Å². The van der Waals surface area contributed by atoms with Gasteiger partial charge in [-0.3, -0.25) is 9.00 Å². The van der Waals surface area contributed by atoms with Gasteiger partial charge in [-0.2, -0.15) is 0 Å². The lowest BCUT2D eigenvalue weighted by atomic mass is 9.90. The number of nitrogens with zero attached hydrogens (tertiary/aromatic N) is 1. The van der Waals surface area contributed by atoms with E-state index in [0.717, 1.165) is 5.69 Å². The number of carbonyl (C=O) groups is 1. The lowest BCUT2D eigenvalue weighted by Crippen LogP contribution is -2.26. The second-order valence-corrected chi connectivity index (χ2v) is 7.36. The number of pyridine rings is 1. The van der Waals surface area contributed by atoms with Gasteiger partial charge in [-0.15, -0.1) is 0 Å². The van der Waals surface area contributed by atoms with E-state index in [1.807, 2.05) is 20.8 Å². The third-order valence-corrected chi connectivity index (χ3v) is 3.63. The number of aromatic nitrogens is 1. The van der Waals surface area contributed by atoms with Crippen molar-refractivity contribution in [3.8, 4) is 0 Å². The highest BCUT2D eigenvalue weighted by Gasteiger charge is 2.18.